The molecule has 0 bridgehead atoms. The SMILES string of the molecule is CC(C)(CCO)CNS(=O)(=O)c1cc(C(F)(F)F)ccc1F. The molecule has 9 heteroatoms. The second-order valence-corrected chi connectivity index (χ2v) is 7.34. The van der Waals surface area contributed by atoms with Gasteiger partial charge in [0.25, 0.3) is 0 Å². The second kappa shape index (κ2) is 6.51. The molecule has 1 aromatic carbocycles. The Morgan fingerprint density at radius 1 is 1.23 bits per heavy atom. The van der Waals surface area contributed by atoms with Crippen LogP contribution in [0.3, 0.4) is 0 Å². The lowest BCUT2D eigenvalue weighted by atomic mass is 9.90. The first-order chi connectivity index (χ1) is 9.89. The van der Waals surface area contributed by atoms with E-state index in [1.54, 1.807) is 13.8 Å². The lowest BCUT2D eigenvalue weighted by Gasteiger charge is -2.24. The summed E-state index contributed by atoms with van der Waals surface area (Å²) in [6, 6.07) is 1.21. The van der Waals surface area contributed by atoms with Crippen molar-refractivity contribution in [3.63, 3.8) is 0 Å². The molecule has 0 amide bonds. The molecule has 0 aliphatic carbocycles. The first-order valence-electron chi connectivity index (χ1n) is 6.36. The Hall–Kier alpha value is -1.19. The summed E-state index contributed by atoms with van der Waals surface area (Å²) in [5.41, 5.74) is -1.87. The van der Waals surface area contributed by atoms with Gasteiger partial charge in [0.1, 0.15) is 10.7 Å². The Labute approximate surface area is 126 Å². The van der Waals surface area contributed by atoms with Crippen molar-refractivity contribution in [2.45, 2.75) is 31.3 Å². The molecule has 0 radical (unpaired) electrons. The van der Waals surface area contributed by atoms with Gasteiger partial charge in [-0.25, -0.2) is 17.5 Å². The fourth-order valence-corrected chi connectivity index (χ4v) is 2.99. The molecule has 0 aliphatic heterocycles. The van der Waals surface area contributed by atoms with Crippen LogP contribution in [0.4, 0.5) is 17.6 Å². The van der Waals surface area contributed by atoms with Gasteiger partial charge in [-0.1, -0.05) is 13.8 Å². The van der Waals surface area contributed by atoms with Crippen molar-refractivity contribution in [2.75, 3.05) is 13.2 Å². The van der Waals surface area contributed by atoms with Gasteiger partial charge in [0.05, 0.1) is 5.56 Å². The van der Waals surface area contributed by atoms with Crippen molar-refractivity contribution in [3.05, 3.63) is 29.6 Å². The number of benzene rings is 1. The zero-order valence-corrected chi connectivity index (χ0v) is 12.9. The molecular formula is C13H17F4NO3S. The van der Waals surface area contributed by atoms with Gasteiger partial charge in [0, 0.05) is 13.2 Å². The minimum absolute atomic E-state index is 0.147. The monoisotopic (exact) mass is 343 g/mol. The van der Waals surface area contributed by atoms with E-state index in [2.05, 4.69) is 4.72 Å². The lowest BCUT2D eigenvalue weighted by molar-refractivity contribution is -0.137. The van der Waals surface area contributed by atoms with Gasteiger partial charge in [-0.05, 0) is 30.0 Å². The van der Waals surface area contributed by atoms with Crippen molar-refractivity contribution < 1.29 is 31.1 Å². The third-order valence-electron chi connectivity index (χ3n) is 3.08. The molecule has 0 aromatic heterocycles. The normalized spacial score (nSPS) is 13.4. The van der Waals surface area contributed by atoms with Crippen LogP contribution in [0.5, 0.6) is 0 Å². The van der Waals surface area contributed by atoms with E-state index in [-0.39, 0.29) is 25.6 Å². The van der Waals surface area contributed by atoms with Gasteiger partial charge in [-0.2, -0.15) is 13.2 Å². The van der Waals surface area contributed by atoms with E-state index < -0.39 is 37.9 Å². The molecule has 0 fully saturated rings. The summed E-state index contributed by atoms with van der Waals surface area (Å²) in [7, 11) is -4.43. The number of hydrogen-bond donors (Lipinski definition) is 2. The largest absolute Gasteiger partial charge is 0.416 e. The zero-order valence-electron chi connectivity index (χ0n) is 12.0. The Bertz CT molecular complexity index is 627. The Morgan fingerprint density at radius 3 is 2.32 bits per heavy atom. The Kier molecular flexibility index (Phi) is 5.58. The van der Waals surface area contributed by atoms with Gasteiger partial charge < -0.3 is 5.11 Å². The van der Waals surface area contributed by atoms with Crippen LogP contribution >= 0.6 is 0 Å². The highest BCUT2D eigenvalue weighted by Gasteiger charge is 2.33. The van der Waals surface area contributed by atoms with E-state index in [9.17, 15) is 26.0 Å². The molecule has 1 aromatic rings. The maximum absolute atomic E-state index is 13.6. The zero-order chi connectivity index (χ0) is 17.2. The number of nitrogens with one attached hydrogen (secondary N) is 1. The fourth-order valence-electron chi connectivity index (χ4n) is 1.64. The number of alkyl halides is 3. The smallest absolute Gasteiger partial charge is 0.396 e. The van der Waals surface area contributed by atoms with Crippen LogP contribution in [0.2, 0.25) is 0 Å². The maximum atomic E-state index is 13.6. The minimum Gasteiger partial charge on any atom is -0.396 e. The highest BCUT2D eigenvalue weighted by atomic mass is 32.2. The van der Waals surface area contributed by atoms with Crippen molar-refractivity contribution in [2.24, 2.45) is 5.41 Å². The standard InChI is InChI=1S/C13H17F4NO3S/c1-12(2,5-6-19)8-18-22(20,21)11-7-9(13(15,16)17)3-4-10(11)14/h3-4,7,18-19H,5-6,8H2,1-2H3. The molecule has 0 saturated heterocycles. The van der Waals surface area contributed by atoms with Gasteiger partial charge >= 0.3 is 6.18 Å². The minimum atomic E-state index is -4.77. The van der Waals surface area contributed by atoms with Crippen LogP contribution in [0.15, 0.2) is 23.1 Å². The van der Waals surface area contributed by atoms with Crippen LogP contribution in [-0.2, 0) is 16.2 Å². The average molecular weight is 343 g/mol. The van der Waals surface area contributed by atoms with Crippen molar-refractivity contribution in [3.8, 4) is 0 Å². The first-order valence-corrected chi connectivity index (χ1v) is 7.85. The summed E-state index contributed by atoms with van der Waals surface area (Å²) < 4.78 is 77.5. The quantitative estimate of drug-likeness (QED) is 0.780. The number of aliphatic hydroxyl groups is 1. The predicted octanol–water partition coefficient (Wildman–Crippen LogP) is 2.53. The van der Waals surface area contributed by atoms with E-state index in [0.717, 1.165) is 0 Å². The predicted molar refractivity (Wildman–Crippen MR) is 72.1 cm³/mol. The summed E-state index contributed by atoms with van der Waals surface area (Å²) in [4.78, 5) is -1.05. The molecule has 0 heterocycles. The summed E-state index contributed by atoms with van der Waals surface area (Å²) in [6.45, 7) is 3.00. The van der Waals surface area contributed by atoms with Gasteiger partial charge in [0.15, 0.2) is 0 Å². The number of rotatable bonds is 6. The van der Waals surface area contributed by atoms with Gasteiger partial charge in [-0.15, -0.1) is 0 Å². The second-order valence-electron chi connectivity index (χ2n) is 5.61. The molecule has 0 saturated carbocycles. The number of hydrogen-bond acceptors (Lipinski definition) is 3. The number of halogens is 4. The molecule has 0 aliphatic rings. The van der Waals surface area contributed by atoms with Gasteiger partial charge in [0.2, 0.25) is 10.0 Å². The van der Waals surface area contributed by atoms with E-state index in [1.807, 2.05) is 0 Å². The molecule has 0 atom stereocenters. The molecule has 22 heavy (non-hydrogen) atoms. The summed E-state index contributed by atoms with van der Waals surface area (Å²) >= 11 is 0. The van der Waals surface area contributed by atoms with Crippen LogP contribution in [0, 0.1) is 11.2 Å². The van der Waals surface area contributed by atoms with Crippen molar-refractivity contribution in [1.29, 1.82) is 0 Å². The molecule has 1 rings (SSSR count). The van der Waals surface area contributed by atoms with Crippen molar-refractivity contribution in [1.82, 2.24) is 4.72 Å². The Morgan fingerprint density at radius 2 is 1.82 bits per heavy atom. The molecule has 126 valence electrons. The Balaban J connectivity index is 3.08. The fraction of sp³-hybridized carbons (Fsp3) is 0.538. The third-order valence-corrected chi connectivity index (χ3v) is 4.49. The highest BCUT2D eigenvalue weighted by Crippen LogP contribution is 2.31. The van der Waals surface area contributed by atoms with Crippen LogP contribution in [0.25, 0.3) is 0 Å². The first kappa shape index (κ1) is 18.9. The van der Waals surface area contributed by atoms with Crippen LogP contribution in [-0.4, -0.2) is 26.7 Å². The van der Waals surface area contributed by atoms with E-state index in [4.69, 9.17) is 5.11 Å². The molecule has 2 N–H and O–H groups in total. The van der Waals surface area contributed by atoms with Crippen LogP contribution in [0.1, 0.15) is 25.8 Å². The van der Waals surface area contributed by atoms with E-state index >= 15 is 0 Å². The molecule has 0 spiro atoms. The average Bonchev–Trinajstić information content (AvgIpc) is 2.35. The number of aliphatic hydroxyl groups excluding tert-OH is 1. The summed E-state index contributed by atoms with van der Waals surface area (Å²) in [5, 5.41) is 8.86. The molecule has 0 unspecified atom stereocenters. The van der Waals surface area contributed by atoms with Crippen LogP contribution < -0.4 is 4.72 Å². The van der Waals surface area contributed by atoms with Crippen molar-refractivity contribution >= 4 is 10.0 Å². The van der Waals surface area contributed by atoms with Gasteiger partial charge in [-0.3, -0.25) is 0 Å². The summed E-state index contributed by atoms with van der Waals surface area (Å²) in [6.07, 6.45) is -4.49. The lowest BCUT2D eigenvalue weighted by Crippen LogP contribution is -2.35. The third kappa shape index (κ3) is 4.92. The molecular weight excluding hydrogens is 326 g/mol. The maximum Gasteiger partial charge on any atom is 0.416 e. The van der Waals surface area contributed by atoms with E-state index in [1.165, 1.54) is 0 Å². The topological polar surface area (TPSA) is 66.4 Å². The summed E-state index contributed by atoms with van der Waals surface area (Å²) in [5.74, 6) is -1.26. The number of sulfonamides is 1. The van der Waals surface area contributed by atoms with E-state index in [0.29, 0.717) is 12.1 Å². The highest BCUT2D eigenvalue weighted by molar-refractivity contribution is 7.89. The molecule has 4 nitrogen and oxygen atoms in total.